The number of fused-ring (bicyclic) bond motifs is 1. The number of amides is 1. The molecule has 1 amide bonds. The van der Waals surface area contributed by atoms with Crippen LogP contribution in [0.2, 0.25) is 5.02 Å². The summed E-state index contributed by atoms with van der Waals surface area (Å²) in [4.78, 5) is 14.4. The summed E-state index contributed by atoms with van der Waals surface area (Å²) >= 11 is 5.93. The molecular formula is C31H26ClF3N4O. The van der Waals surface area contributed by atoms with Gasteiger partial charge in [0.25, 0.3) is 5.91 Å². The Hall–Kier alpha value is -4.27. The van der Waals surface area contributed by atoms with Crippen molar-refractivity contribution >= 4 is 45.8 Å². The number of halogens is 4. The molecule has 4 aromatic carbocycles. The first-order chi connectivity index (χ1) is 19.1. The van der Waals surface area contributed by atoms with Crippen molar-refractivity contribution in [3.05, 3.63) is 124 Å². The second-order valence-corrected chi connectivity index (χ2v) is 10.0. The predicted molar refractivity (Wildman–Crippen MR) is 154 cm³/mol. The van der Waals surface area contributed by atoms with Crippen LogP contribution in [0.25, 0.3) is 11.3 Å². The fraction of sp³-hybridized carbons (Fsp3) is 0.129. The molecule has 0 atom stereocenters. The second kappa shape index (κ2) is 11.5. The Kier molecular flexibility index (Phi) is 7.82. The summed E-state index contributed by atoms with van der Waals surface area (Å²) in [6, 6.07) is 28.6. The number of nitrogens with zero attached hydrogens (tertiary/aromatic N) is 1. The second-order valence-electron chi connectivity index (χ2n) is 9.58. The Bertz CT molecular complexity index is 1540. The molecule has 0 bridgehead atoms. The third-order valence-corrected chi connectivity index (χ3v) is 6.70. The highest BCUT2D eigenvalue weighted by Crippen LogP contribution is 2.38. The molecule has 9 heteroatoms. The van der Waals surface area contributed by atoms with Crippen molar-refractivity contribution in [1.29, 1.82) is 0 Å². The molecule has 0 saturated carbocycles. The lowest BCUT2D eigenvalue weighted by Gasteiger charge is -2.24. The molecule has 0 unspecified atom stereocenters. The maximum absolute atomic E-state index is 13.3. The number of anilines is 3. The minimum absolute atomic E-state index is 0.101. The highest BCUT2D eigenvalue weighted by molar-refractivity contribution is 6.37. The monoisotopic (exact) mass is 562 g/mol. The molecular weight excluding hydrogens is 537 g/mol. The van der Waals surface area contributed by atoms with Crippen molar-refractivity contribution in [1.82, 2.24) is 4.90 Å². The first kappa shape index (κ1) is 27.3. The van der Waals surface area contributed by atoms with Crippen LogP contribution in [-0.2, 0) is 17.9 Å². The molecule has 0 saturated heterocycles. The van der Waals surface area contributed by atoms with Gasteiger partial charge in [-0.05, 0) is 59.2 Å². The van der Waals surface area contributed by atoms with Gasteiger partial charge in [0.15, 0.2) is 0 Å². The van der Waals surface area contributed by atoms with Gasteiger partial charge in [-0.25, -0.2) is 0 Å². The van der Waals surface area contributed by atoms with Gasteiger partial charge in [0, 0.05) is 40.7 Å². The molecule has 1 heterocycles. The molecule has 5 nitrogen and oxygen atoms in total. The van der Waals surface area contributed by atoms with Crippen molar-refractivity contribution in [2.45, 2.75) is 19.3 Å². The van der Waals surface area contributed by atoms with E-state index in [1.54, 1.807) is 66.7 Å². The largest absolute Gasteiger partial charge is 0.401 e. The number of nitrogen functional groups attached to an aromatic ring is 1. The van der Waals surface area contributed by atoms with Crippen LogP contribution in [0.4, 0.5) is 30.2 Å². The molecule has 0 fully saturated rings. The van der Waals surface area contributed by atoms with Gasteiger partial charge < -0.3 is 16.4 Å². The molecule has 0 aliphatic carbocycles. The summed E-state index contributed by atoms with van der Waals surface area (Å²) < 4.78 is 40.0. The van der Waals surface area contributed by atoms with Crippen molar-refractivity contribution in [2.24, 2.45) is 0 Å². The summed E-state index contributed by atoms with van der Waals surface area (Å²) in [7, 11) is 0. The Labute approximate surface area is 235 Å². The highest BCUT2D eigenvalue weighted by atomic mass is 35.5. The normalized spacial score (nSPS) is 14.2. The van der Waals surface area contributed by atoms with Gasteiger partial charge >= 0.3 is 6.18 Å². The van der Waals surface area contributed by atoms with Crippen molar-refractivity contribution in [3.8, 4) is 0 Å². The van der Waals surface area contributed by atoms with Gasteiger partial charge in [0.1, 0.15) is 0 Å². The number of hydrogen-bond donors (Lipinski definition) is 3. The van der Waals surface area contributed by atoms with E-state index in [0.717, 1.165) is 16.7 Å². The van der Waals surface area contributed by atoms with E-state index in [4.69, 9.17) is 17.3 Å². The van der Waals surface area contributed by atoms with Gasteiger partial charge in [-0.2, -0.15) is 13.2 Å². The summed E-state index contributed by atoms with van der Waals surface area (Å²) in [5.74, 6) is -0.256. The molecule has 0 aromatic heterocycles. The van der Waals surface area contributed by atoms with Crippen molar-refractivity contribution in [3.63, 3.8) is 0 Å². The van der Waals surface area contributed by atoms with Gasteiger partial charge in [0.05, 0.1) is 17.8 Å². The van der Waals surface area contributed by atoms with Crippen LogP contribution in [0.5, 0.6) is 0 Å². The molecule has 204 valence electrons. The number of nitrogens with one attached hydrogen (secondary N) is 2. The smallest absolute Gasteiger partial charge is 0.399 e. The number of rotatable bonds is 8. The van der Waals surface area contributed by atoms with Crippen LogP contribution in [0, 0.1) is 0 Å². The van der Waals surface area contributed by atoms with Crippen LogP contribution >= 0.6 is 11.6 Å². The van der Waals surface area contributed by atoms with Gasteiger partial charge in [-0.1, -0.05) is 66.2 Å². The van der Waals surface area contributed by atoms with E-state index >= 15 is 0 Å². The number of hydrogen-bond acceptors (Lipinski definition) is 4. The van der Waals surface area contributed by atoms with Gasteiger partial charge in [-0.3, -0.25) is 9.69 Å². The summed E-state index contributed by atoms with van der Waals surface area (Å²) in [6.45, 7) is -0.819. The lowest BCUT2D eigenvalue weighted by molar-refractivity contribution is -0.148. The molecule has 4 N–H and O–H groups in total. The molecule has 4 aromatic rings. The van der Waals surface area contributed by atoms with Gasteiger partial charge in [-0.15, -0.1) is 0 Å². The van der Waals surface area contributed by atoms with E-state index in [2.05, 4.69) is 10.6 Å². The summed E-state index contributed by atoms with van der Waals surface area (Å²) in [6.07, 6.45) is -4.34. The number of carbonyl (C=O) groups excluding carboxylic acids is 1. The summed E-state index contributed by atoms with van der Waals surface area (Å²) in [5, 5.41) is 6.78. The molecule has 0 radical (unpaired) electrons. The van der Waals surface area contributed by atoms with Crippen LogP contribution < -0.4 is 16.4 Å². The zero-order chi connectivity index (χ0) is 28.3. The van der Waals surface area contributed by atoms with E-state index in [9.17, 15) is 18.0 Å². The Morgan fingerprint density at radius 2 is 1.50 bits per heavy atom. The predicted octanol–water partition coefficient (Wildman–Crippen LogP) is 7.42. The van der Waals surface area contributed by atoms with E-state index < -0.39 is 12.7 Å². The van der Waals surface area contributed by atoms with Crippen LogP contribution in [0.3, 0.4) is 0 Å². The van der Waals surface area contributed by atoms with Crippen molar-refractivity contribution in [2.75, 3.05) is 22.9 Å². The van der Waals surface area contributed by atoms with E-state index in [1.165, 1.54) is 4.90 Å². The topological polar surface area (TPSA) is 70.4 Å². The Balaban J connectivity index is 1.41. The minimum atomic E-state index is -4.34. The fourth-order valence-corrected chi connectivity index (χ4v) is 4.81. The SMILES string of the molecule is Nc1ccc2c(c1)C(=C(Nc1ccc(CN(Cc3ccc(Cl)cc3)CC(F)(F)F)cc1)c1ccccc1)C(=O)N2. The third-order valence-electron chi connectivity index (χ3n) is 6.45. The average molecular weight is 563 g/mol. The lowest BCUT2D eigenvalue weighted by Crippen LogP contribution is -2.33. The fourth-order valence-electron chi connectivity index (χ4n) is 4.68. The molecule has 5 rings (SSSR count). The maximum Gasteiger partial charge on any atom is 0.401 e. The highest BCUT2D eigenvalue weighted by Gasteiger charge is 2.31. The van der Waals surface area contributed by atoms with Crippen LogP contribution in [0.15, 0.2) is 97.1 Å². The number of carbonyl (C=O) groups is 1. The van der Waals surface area contributed by atoms with E-state index in [-0.39, 0.29) is 19.0 Å². The average Bonchev–Trinajstić information content (AvgIpc) is 3.23. The lowest BCUT2D eigenvalue weighted by atomic mass is 9.99. The van der Waals surface area contributed by atoms with Crippen molar-refractivity contribution < 1.29 is 18.0 Å². The molecule has 0 spiro atoms. The minimum Gasteiger partial charge on any atom is -0.399 e. The number of nitrogens with two attached hydrogens (primary N) is 1. The van der Waals surface area contributed by atoms with Crippen LogP contribution in [-0.4, -0.2) is 23.5 Å². The van der Waals surface area contributed by atoms with E-state index in [1.807, 2.05) is 30.3 Å². The molecule has 40 heavy (non-hydrogen) atoms. The van der Waals surface area contributed by atoms with Crippen LogP contribution in [0.1, 0.15) is 22.3 Å². The maximum atomic E-state index is 13.3. The zero-order valence-corrected chi connectivity index (χ0v) is 22.1. The number of benzene rings is 4. The Morgan fingerprint density at radius 1 is 0.875 bits per heavy atom. The Morgan fingerprint density at radius 3 is 2.12 bits per heavy atom. The zero-order valence-electron chi connectivity index (χ0n) is 21.3. The quantitative estimate of drug-likeness (QED) is 0.154. The van der Waals surface area contributed by atoms with Gasteiger partial charge in [0.2, 0.25) is 0 Å². The summed E-state index contributed by atoms with van der Waals surface area (Å²) in [5.41, 5.74) is 11.9. The third kappa shape index (κ3) is 6.65. The molecule has 1 aliphatic heterocycles. The first-order valence-electron chi connectivity index (χ1n) is 12.5. The van der Waals surface area contributed by atoms with E-state index in [0.29, 0.717) is 38.9 Å². The molecule has 1 aliphatic rings. The first-order valence-corrected chi connectivity index (χ1v) is 12.9. The number of alkyl halides is 3. The standard InChI is InChI=1S/C31H26ClF3N4O/c32-23-10-6-20(7-11-23)17-39(19-31(33,34)35)18-21-8-13-25(14-9-21)37-29(22-4-2-1-3-5-22)28-26-16-24(36)12-15-27(26)38-30(28)40/h1-16,37H,17-19,36H2,(H,38,40).